The molecule has 2 aromatic carbocycles. The zero-order valence-corrected chi connectivity index (χ0v) is 11.3. The van der Waals surface area contributed by atoms with Gasteiger partial charge in [-0.2, -0.15) is 0 Å². The van der Waals surface area contributed by atoms with Crippen LogP contribution >= 0.6 is 0 Å². The Balaban J connectivity index is 2.43. The zero-order valence-electron chi connectivity index (χ0n) is 11.3. The Labute approximate surface area is 114 Å². The van der Waals surface area contributed by atoms with E-state index in [1.54, 1.807) is 14.2 Å². The summed E-state index contributed by atoms with van der Waals surface area (Å²) in [5.41, 5.74) is 8.23. The summed E-state index contributed by atoms with van der Waals surface area (Å²) in [6.07, 6.45) is 0. The summed E-state index contributed by atoms with van der Waals surface area (Å²) in [5, 5.41) is 0. The van der Waals surface area contributed by atoms with Crippen molar-refractivity contribution in [1.82, 2.24) is 0 Å². The van der Waals surface area contributed by atoms with Crippen LogP contribution < -0.4 is 15.2 Å². The van der Waals surface area contributed by atoms with E-state index in [9.17, 15) is 0 Å². The van der Waals surface area contributed by atoms with Crippen molar-refractivity contribution in [2.24, 2.45) is 5.73 Å². The predicted octanol–water partition coefficient (Wildman–Crippen LogP) is 2.79. The van der Waals surface area contributed by atoms with Crippen molar-refractivity contribution in [2.75, 3.05) is 20.8 Å². The van der Waals surface area contributed by atoms with Gasteiger partial charge in [0.1, 0.15) is 11.5 Å². The normalized spacial score (nSPS) is 11.9. The van der Waals surface area contributed by atoms with Crippen LogP contribution in [0.3, 0.4) is 0 Å². The van der Waals surface area contributed by atoms with Crippen LogP contribution in [0.1, 0.15) is 17.0 Å². The molecule has 0 radical (unpaired) electrons. The summed E-state index contributed by atoms with van der Waals surface area (Å²) < 4.78 is 10.6. The van der Waals surface area contributed by atoms with Gasteiger partial charge in [-0.15, -0.1) is 0 Å². The second-order valence-electron chi connectivity index (χ2n) is 4.34. The molecule has 0 unspecified atom stereocenters. The van der Waals surface area contributed by atoms with Crippen molar-refractivity contribution in [3.05, 3.63) is 59.7 Å². The summed E-state index contributed by atoms with van der Waals surface area (Å²) in [6.45, 7) is 0.542. The van der Waals surface area contributed by atoms with E-state index in [4.69, 9.17) is 15.2 Å². The number of methoxy groups -OCH3 is 2. The third-order valence-electron chi connectivity index (χ3n) is 3.21. The number of benzene rings is 2. The lowest BCUT2D eigenvalue weighted by molar-refractivity contribution is 0.393. The monoisotopic (exact) mass is 257 g/mol. The van der Waals surface area contributed by atoms with Gasteiger partial charge in [0.05, 0.1) is 14.2 Å². The minimum absolute atomic E-state index is 0.144. The fourth-order valence-corrected chi connectivity index (χ4v) is 2.18. The fourth-order valence-electron chi connectivity index (χ4n) is 2.18. The molecule has 0 aliphatic heterocycles. The number of hydrogen-bond donors (Lipinski definition) is 1. The Morgan fingerprint density at radius 2 is 1.47 bits per heavy atom. The highest BCUT2D eigenvalue weighted by Crippen LogP contribution is 2.30. The molecule has 0 spiro atoms. The molecular formula is C16H19NO2. The van der Waals surface area contributed by atoms with Gasteiger partial charge in [-0.1, -0.05) is 30.3 Å². The first kappa shape index (κ1) is 13.4. The number of nitrogens with two attached hydrogens (primary N) is 1. The molecule has 3 heteroatoms. The Morgan fingerprint density at radius 3 is 1.95 bits per heavy atom. The van der Waals surface area contributed by atoms with Crippen molar-refractivity contribution in [3.8, 4) is 11.5 Å². The topological polar surface area (TPSA) is 44.5 Å². The first-order chi connectivity index (χ1) is 9.28. The van der Waals surface area contributed by atoms with E-state index in [1.165, 1.54) is 5.56 Å². The minimum Gasteiger partial charge on any atom is -0.497 e. The van der Waals surface area contributed by atoms with Crippen LogP contribution in [0, 0.1) is 0 Å². The number of hydrogen-bond acceptors (Lipinski definition) is 3. The Kier molecular flexibility index (Phi) is 4.42. The average molecular weight is 257 g/mol. The third kappa shape index (κ3) is 3.06. The van der Waals surface area contributed by atoms with Gasteiger partial charge in [0.15, 0.2) is 0 Å². The second kappa shape index (κ2) is 6.25. The molecule has 0 saturated heterocycles. The van der Waals surface area contributed by atoms with Gasteiger partial charge in [-0.3, -0.25) is 0 Å². The van der Waals surface area contributed by atoms with Gasteiger partial charge in [-0.25, -0.2) is 0 Å². The number of rotatable bonds is 5. The van der Waals surface area contributed by atoms with Crippen LogP contribution in [-0.4, -0.2) is 20.8 Å². The van der Waals surface area contributed by atoms with E-state index in [-0.39, 0.29) is 5.92 Å². The van der Waals surface area contributed by atoms with Crippen LogP contribution in [-0.2, 0) is 0 Å². The predicted molar refractivity (Wildman–Crippen MR) is 76.9 cm³/mol. The maximum atomic E-state index is 5.94. The smallest absolute Gasteiger partial charge is 0.122 e. The van der Waals surface area contributed by atoms with E-state index in [0.717, 1.165) is 17.1 Å². The molecule has 100 valence electrons. The lowest BCUT2D eigenvalue weighted by Crippen LogP contribution is -2.14. The molecule has 0 aromatic heterocycles. The molecule has 3 nitrogen and oxygen atoms in total. The SMILES string of the molecule is COc1cc(OC)cc([C@H](CN)c2ccccc2)c1. The van der Waals surface area contributed by atoms with E-state index in [1.807, 2.05) is 36.4 Å². The van der Waals surface area contributed by atoms with Crippen molar-refractivity contribution in [3.63, 3.8) is 0 Å². The molecule has 0 fully saturated rings. The summed E-state index contributed by atoms with van der Waals surface area (Å²) >= 11 is 0. The van der Waals surface area contributed by atoms with Gasteiger partial charge >= 0.3 is 0 Å². The van der Waals surface area contributed by atoms with Crippen LogP contribution in [0.15, 0.2) is 48.5 Å². The molecule has 0 aliphatic rings. The molecular weight excluding hydrogens is 238 g/mol. The minimum atomic E-state index is 0.144. The largest absolute Gasteiger partial charge is 0.497 e. The molecule has 19 heavy (non-hydrogen) atoms. The first-order valence-corrected chi connectivity index (χ1v) is 6.26. The first-order valence-electron chi connectivity index (χ1n) is 6.26. The lowest BCUT2D eigenvalue weighted by Gasteiger charge is -2.17. The van der Waals surface area contributed by atoms with Gasteiger partial charge < -0.3 is 15.2 Å². The molecule has 0 bridgehead atoms. The Bertz CT molecular complexity index is 503. The zero-order chi connectivity index (χ0) is 13.7. The summed E-state index contributed by atoms with van der Waals surface area (Å²) in [4.78, 5) is 0. The van der Waals surface area contributed by atoms with Crippen LogP contribution in [0.5, 0.6) is 11.5 Å². The molecule has 2 N–H and O–H groups in total. The average Bonchev–Trinajstić information content (AvgIpc) is 2.48. The molecule has 0 saturated carbocycles. The van der Waals surface area contributed by atoms with Gasteiger partial charge in [0.2, 0.25) is 0 Å². The summed E-state index contributed by atoms with van der Waals surface area (Å²) in [5.74, 6) is 1.71. The van der Waals surface area contributed by atoms with E-state index >= 15 is 0 Å². The van der Waals surface area contributed by atoms with E-state index in [2.05, 4.69) is 12.1 Å². The maximum absolute atomic E-state index is 5.94. The van der Waals surface area contributed by atoms with Gasteiger partial charge in [0, 0.05) is 18.5 Å². The van der Waals surface area contributed by atoms with Crippen LogP contribution in [0.4, 0.5) is 0 Å². The Morgan fingerprint density at radius 1 is 0.895 bits per heavy atom. The highest BCUT2D eigenvalue weighted by Gasteiger charge is 2.14. The van der Waals surface area contributed by atoms with Crippen molar-refractivity contribution in [2.45, 2.75) is 5.92 Å². The maximum Gasteiger partial charge on any atom is 0.122 e. The quantitative estimate of drug-likeness (QED) is 0.895. The molecule has 2 rings (SSSR count). The third-order valence-corrected chi connectivity index (χ3v) is 3.21. The van der Waals surface area contributed by atoms with Gasteiger partial charge in [-0.05, 0) is 23.3 Å². The van der Waals surface area contributed by atoms with Crippen molar-refractivity contribution in [1.29, 1.82) is 0 Å². The summed E-state index contributed by atoms with van der Waals surface area (Å²) in [7, 11) is 3.30. The highest BCUT2D eigenvalue weighted by atomic mass is 16.5. The van der Waals surface area contributed by atoms with Crippen molar-refractivity contribution < 1.29 is 9.47 Å². The molecule has 0 amide bonds. The highest BCUT2D eigenvalue weighted by molar-refractivity contribution is 5.43. The van der Waals surface area contributed by atoms with E-state index < -0.39 is 0 Å². The molecule has 1 atom stereocenters. The number of ether oxygens (including phenoxy) is 2. The Hall–Kier alpha value is -2.00. The standard InChI is InChI=1S/C16H19NO2/c1-18-14-8-13(9-15(10-14)19-2)16(11-17)12-6-4-3-5-7-12/h3-10,16H,11,17H2,1-2H3/t16-/m1/s1. The molecule has 2 aromatic rings. The van der Waals surface area contributed by atoms with Crippen LogP contribution in [0.25, 0.3) is 0 Å². The summed E-state index contributed by atoms with van der Waals surface area (Å²) in [6, 6.07) is 16.1. The second-order valence-corrected chi connectivity index (χ2v) is 4.34. The van der Waals surface area contributed by atoms with Crippen molar-refractivity contribution >= 4 is 0 Å². The van der Waals surface area contributed by atoms with E-state index in [0.29, 0.717) is 6.54 Å². The molecule has 0 aliphatic carbocycles. The van der Waals surface area contributed by atoms with Gasteiger partial charge in [0.25, 0.3) is 0 Å². The lowest BCUT2D eigenvalue weighted by atomic mass is 9.91. The molecule has 0 heterocycles. The fraction of sp³-hybridized carbons (Fsp3) is 0.250. The van der Waals surface area contributed by atoms with Crippen LogP contribution in [0.2, 0.25) is 0 Å².